The minimum absolute atomic E-state index is 0.166. The molecule has 10 heteroatoms. The summed E-state index contributed by atoms with van der Waals surface area (Å²) in [6, 6.07) is 12.4. The average Bonchev–Trinajstić information content (AvgIpc) is 3.30. The molecule has 0 fully saturated rings. The highest BCUT2D eigenvalue weighted by Crippen LogP contribution is 2.26. The Bertz CT molecular complexity index is 867. The highest BCUT2D eigenvalue weighted by Gasteiger charge is 2.33. The van der Waals surface area contributed by atoms with E-state index in [1.165, 1.54) is 12.3 Å². The second kappa shape index (κ2) is 8.57. The molecule has 0 aliphatic heterocycles. The monoisotopic (exact) mass is 413 g/mol. The Morgan fingerprint density at radius 1 is 1.19 bits per heavy atom. The molecule has 0 saturated heterocycles. The number of benzene rings is 1. The van der Waals surface area contributed by atoms with E-state index in [1.54, 1.807) is 6.07 Å². The van der Waals surface area contributed by atoms with Gasteiger partial charge in [0.1, 0.15) is 12.3 Å². The number of thioether (sulfide) groups is 1. The maximum Gasteiger partial charge on any atom is 0.406 e. The molecule has 1 amide bonds. The molecular formula is C17H14F3N3O2S2. The van der Waals surface area contributed by atoms with Gasteiger partial charge in [0.25, 0.3) is 0 Å². The van der Waals surface area contributed by atoms with E-state index in [0.29, 0.717) is 15.9 Å². The van der Waals surface area contributed by atoms with Crippen molar-refractivity contribution in [1.82, 2.24) is 14.3 Å². The van der Waals surface area contributed by atoms with Crippen molar-refractivity contribution in [3.63, 3.8) is 0 Å². The van der Waals surface area contributed by atoms with Crippen LogP contribution in [-0.4, -0.2) is 38.6 Å². The topological polar surface area (TPSA) is 59.2 Å². The Morgan fingerprint density at radius 2 is 1.96 bits per heavy atom. The van der Waals surface area contributed by atoms with Gasteiger partial charge in [-0.25, -0.2) is 4.98 Å². The Balaban J connectivity index is 1.62. The SMILES string of the molecule is O=C(CSc1nc(-c2ccccc2)ns1)N(Cc1ccco1)CC(F)(F)F. The Hall–Kier alpha value is -2.33. The number of aromatic nitrogens is 2. The van der Waals surface area contributed by atoms with Crippen LogP contribution in [0.5, 0.6) is 0 Å². The zero-order valence-electron chi connectivity index (χ0n) is 13.8. The molecule has 0 aliphatic carbocycles. The standard InChI is InChI=1S/C17H14F3N3O2S2/c18-17(19,20)11-23(9-13-7-4-8-25-13)14(24)10-26-16-21-15(22-27-16)12-5-2-1-3-6-12/h1-8H,9-11H2. The van der Waals surface area contributed by atoms with Gasteiger partial charge >= 0.3 is 6.18 Å². The van der Waals surface area contributed by atoms with Gasteiger partial charge in [0, 0.05) is 5.56 Å². The number of alkyl halides is 3. The number of hydrogen-bond donors (Lipinski definition) is 0. The fourth-order valence-corrected chi connectivity index (χ4v) is 3.74. The van der Waals surface area contributed by atoms with Crippen molar-refractivity contribution >= 4 is 29.2 Å². The lowest BCUT2D eigenvalue weighted by atomic mass is 10.2. The van der Waals surface area contributed by atoms with Gasteiger partial charge in [-0.1, -0.05) is 42.1 Å². The molecule has 5 nitrogen and oxygen atoms in total. The van der Waals surface area contributed by atoms with E-state index in [0.717, 1.165) is 33.8 Å². The predicted octanol–water partition coefficient (Wildman–Crippen LogP) is 4.48. The fourth-order valence-electron chi connectivity index (χ4n) is 2.23. The summed E-state index contributed by atoms with van der Waals surface area (Å²) in [7, 11) is 0. The average molecular weight is 413 g/mol. The largest absolute Gasteiger partial charge is 0.467 e. The van der Waals surface area contributed by atoms with Crippen LogP contribution in [0.15, 0.2) is 57.5 Å². The molecule has 27 heavy (non-hydrogen) atoms. The zero-order chi connectivity index (χ0) is 19.3. The number of furan rings is 1. The van der Waals surface area contributed by atoms with E-state index >= 15 is 0 Å². The van der Waals surface area contributed by atoms with Gasteiger partial charge in [0.2, 0.25) is 5.91 Å². The van der Waals surface area contributed by atoms with Gasteiger partial charge < -0.3 is 9.32 Å². The van der Waals surface area contributed by atoms with Crippen LogP contribution in [0.25, 0.3) is 11.4 Å². The number of carbonyl (C=O) groups excluding carboxylic acids is 1. The maximum atomic E-state index is 12.8. The molecule has 1 aromatic carbocycles. The van der Waals surface area contributed by atoms with Crippen LogP contribution in [-0.2, 0) is 11.3 Å². The van der Waals surface area contributed by atoms with E-state index in [2.05, 4.69) is 9.36 Å². The van der Waals surface area contributed by atoms with E-state index in [9.17, 15) is 18.0 Å². The summed E-state index contributed by atoms with van der Waals surface area (Å²) in [4.78, 5) is 17.4. The maximum absolute atomic E-state index is 12.8. The molecule has 3 aromatic rings. The number of halogens is 3. The highest BCUT2D eigenvalue weighted by atomic mass is 32.2. The lowest BCUT2D eigenvalue weighted by molar-refractivity contribution is -0.161. The van der Waals surface area contributed by atoms with Gasteiger partial charge in [-0.15, -0.1) is 0 Å². The normalized spacial score (nSPS) is 11.5. The number of amides is 1. The first kappa shape index (κ1) is 19.4. The molecule has 3 rings (SSSR count). The molecule has 0 bridgehead atoms. The fraction of sp³-hybridized carbons (Fsp3) is 0.235. The van der Waals surface area contributed by atoms with Crippen molar-refractivity contribution in [2.75, 3.05) is 12.3 Å². The number of nitrogens with zero attached hydrogens (tertiary/aromatic N) is 3. The molecular weight excluding hydrogens is 399 g/mol. The predicted molar refractivity (Wildman–Crippen MR) is 96.2 cm³/mol. The first-order valence-electron chi connectivity index (χ1n) is 7.79. The zero-order valence-corrected chi connectivity index (χ0v) is 15.5. The minimum atomic E-state index is -4.49. The van der Waals surface area contributed by atoms with E-state index in [1.807, 2.05) is 30.3 Å². The van der Waals surface area contributed by atoms with E-state index < -0.39 is 18.6 Å². The molecule has 0 radical (unpaired) electrons. The Labute approximate surface area is 161 Å². The number of rotatable bonds is 7. The van der Waals surface area contributed by atoms with Crippen molar-refractivity contribution in [1.29, 1.82) is 0 Å². The third kappa shape index (κ3) is 5.83. The van der Waals surface area contributed by atoms with Crippen molar-refractivity contribution in [2.45, 2.75) is 17.1 Å². The highest BCUT2D eigenvalue weighted by molar-refractivity contribution is 8.01. The molecule has 0 aliphatic rings. The van der Waals surface area contributed by atoms with Gasteiger partial charge in [-0.3, -0.25) is 4.79 Å². The molecule has 0 spiro atoms. The summed E-state index contributed by atoms with van der Waals surface area (Å²) in [5.41, 5.74) is 0.837. The molecule has 0 N–H and O–H groups in total. The van der Waals surface area contributed by atoms with Crippen LogP contribution in [0.2, 0.25) is 0 Å². The van der Waals surface area contributed by atoms with Gasteiger partial charge in [-0.2, -0.15) is 17.5 Å². The van der Waals surface area contributed by atoms with Crippen molar-refractivity contribution < 1.29 is 22.4 Å². The lowest BCUT2D eigenvalue weighted by Crippen LogP contribution is -2.39. The van der Waals surface area contributed by atoms with Crippen molar-refractivity contribution in [3.05, 3.63) is 54.5 Å². The van der Waals surface area contributed by atoms with Crippen LogP contribution < -0.4 is 0 Å². The minimum Gasteiger partial charge on any atom is -0.467 e. The second-order valence-electron chi connectivity index (χ2n) is 5.48. The summed E-state index contributed by atoms with van der Waals surface area (Å²) < 4.78 is 48.2. The summed E-state index contributed by atoms with van der Waals surface area (Å²) in [6.07, 6.45) is -3.14. The second-order valence-corrected chi connectivity index (χ2v) is 7.46. The molecule has 142 valence electrons. The quantitative estimate of drug-likeness (QED) is 0.535. The van der Waals surface area contributed by atoms with Crippen molar-refractivity contribution in [2.24, 2.45) is 0 Å². The molecule has 0 unspecified atom stereocenters. The molecule has 2 heterocycles. The molecule has 0 saturated carbocycles. The third-order valence-electron chi connectivity index (χ3n) is 3.41. The number of hydrogen-bond acceptors (Lipinski definition) is 6. The smallest absolute Gasteiger partial charge is 0.406 e. The number of carbonyl (C=O) groups is 1. The molecule has 2 aromatic heterocycles. The summed E-state index contributed by atoms with van der Waals surface area (Å²) in [5, 5.41) is 0. The Kier molecular flexibility index (Phi) is 6.17. The van der Waals surface area contributed by atoms with E-state index in [4.69, 9.17) is 4.42 Å². The van der Waals surface area contributed by atoms with Crippen LogP contribution >= 0.6 is 23.3 Å². The molecule has 0 atom stereocenters. The summed E-state index contributed by atoms with van der Waals surface area (Å²) in [5.74, 6) is 0.00331. The Morgan fingerprint density at radius 3 is 2.63 bits per heavy atom. The van der Waals surface area contributed by atoms with E-state index in [-0.39, 0.29) is 12.3 Å². The van der Waals surface area contributed by atoms with Crippen molar-refractivity contribution in [3.8, 4) is 11.4 Å². The van der Waals surface area contributed by atoms with Crippen LogP contribution in [0.1, 0.15) is 5.76 Å². The first-order valence-corrected chi connectivity index (χ1v) is 9.55. The summed E-state index contributed by atoms with van der Waals surface area (Å²) in [6.45, 7) is -1.57. The van der Waals surface area contributed by atoms with Crippen LogP contribution in [0.4, 0.5) is 13.2 Å². The van der Waals surface area contributed by atoms with Gasteiger partial charge in [-0.05, 0) is 23.7 Å². The third-order valence-corrected chi connectivity index (χ3v) is 5.23. The first-order chi connectivity index (χ1) is 12.9. The van der Waals surface area contributed by atoms with Gasteiger partial charge in [0.05, 0.1) is 18.6 Å². The van der Waals surface area contributed by atoms with Crippen LogP contribution in [0, 0.1) is 0 Å². The van der Waals surface area contributed by atoms with Crippen LogP contribution in [0.3, 0.4) is 0 Å². The lowest BCUT2D eigenvalue weighted by Gasteiger charge is -2.22. The summed E-state index contributed by atoms with van der Waals surface area (Å²) >= 11 is 2.17. The van der Waals surface area contributed by atoms with Gasteiger partial charge in [0.15, 0.2) is 10.2 Å².